The van der Waals surface area contributed by atoms with Gasteiger partial charge in [0.2, 0.25) is 0 Å². The highest BCUT2D eigenvalue weighted by Gasteiger charge is 2.12. The van der Waals surface area contributed by atoms with E-state index in [0.717, 1.165) is 34.9 Å². The summed E-state index contributed by atoms with van der Waals surface area (Å²) >= 11 is 0. The Morgan fingerprint density at radius 1 is 0.875 bits per heavy atom. The van der Waals surface area contributed by atoms with Crippen molar-refractivity contribution in [3.63, 3.8) is 0 Å². The van der Waals surface area contributed by atoms with E-state index in [1.807, 2.05) is 30.3 Å². The lowest BCUT2D eigenvalue weighted by atomic mass is 10.1. The predicted octanol–water partition coefficient (Wildman–Crippen LogP) is 4.22. The molecule has 0 radical (unpaired) electrons. The molecule has 3 nitrogen and oxygen atoms in total. The summed E-state index contributed by atoms with van der Waals surface area (Å²) < 4.78 is 0. The van der Waals surface area contributed by atoms with Crippen LogP contribution in [0.1, 0.15) is 24.8 Å². The quantitative estimate of drug-likeness (QED) is 0.675. The van der Waals surface area contributed by atoms with Crippen LogP contribution in [0.15, 0.2) is 53.3 Å². The Morgan fingerprint density at radius 2 is 1.67 bits per heavy atom. The zero-order chi connectivity index (χ0) is 16.5. The van der Waals surface area contributed by atoms with Gasteiger partial charge in [-0.25, -0.2) is 0 Å². The summed E-state index contributed by atoms with van der Waals surface area (Å²) in [4.78, 5) is 15.4. The van der Waals surface area contributed by atoms with Gasteiger partial charge in [0, 0.05) is 34.9 Å². The van der Waals surface area contributed by atoms with Crippen molar-refractivity contribution in [2.75, 3.05) is 18.0 Å². The number of benzene rings is 2. The van der Waals surface area contributed by atoms with Crippen molar-refractivity contribution in [3.8, 4) is 6.07 Å². The highest BCUT2D eigenvalue weighted by molar-refractivity contribution is 5.96. The first-order valence-electron chi connectivity index (χ1n) is 8.43. The third-order valence-electron chi connectivity index (χ3n) is 4.90. The van der Waals surface area contributed by atoms with Crippen molar-refractivity contribution >= 4 is 27.2 Å². The molecular formula is C21H18N2O. The monoisotopic (exact) mass is 314 g/mol. The fourth-order valence-electron chi connectivity index (χ4n) is 3.59. The van der Waals surface area contributed by atoms with Crippen LogP contribution in [0.3, 0.4) is 0 Å². The molecule has 1 aliphatic heterocycles. The molecule has 3 heteroatoms. The fraction of sp³-hybridized carbons (Fsp3) is 0.238. The highest BCUT2D eigenvalue weighted by atomic mass is 16.1. The normalized spacial score (nSPS) is 14.7. The molecule has 4 rings (SSSR count). The standard InChI is InChI=1S/C21H18N2O/c22-14-16-5-4-6-19-18(16)10-8-15-7-9-17(13-20(15)21(19)24)23-11-2-1-3-12-23/h4-10,13H,1-3,11-12H2. The number of hydrogen-bond donors (Lipinski definition) is 0. The molecule has 0 amide bonds. The molecular weight excluding hydrogens is 296 g/mol. The highest BCUT2D eigenvalue weighted by Crippen LogP contribution is 2.25. The van der Waals surface area contributed by atoms with Crippen LogP contribution in [0.25, 0.3) is 21.5 Å². The molecule has 0 atom stereocenters. The van der Waals surface area contributed by atoms with Gasteiger partial charge in [0.05, 0.1) is 11.6 Å². The maximum absolute atomic E-state index is 13.1. The second kappa shape index (κ2) is 5.98. The number of hydrogen-bond acceptors (Lipinski definition) is 3. The van der Waals surface area contributed by atoms with Gasteiger partial charge in [-0.15, -0.1) is 0 Å². The van der Waals surface area contributed by atoms with Gasteiger partial charge < -0.3 is 4.90 Å². The van der Waals surface area contributed by atoms with Crippen LogP contribution < -0.4 is 10.3 Å². The Hall–Kier alpha value is -2.86. The molecule has 3 aromatic carbocycles. The Bertz CT molecular complexity index is 1030. The van der Waals surface area contributed by atoms with Crippen molar-refractivity contribution in [1.82, 2.24) is 0 Å². The molecule has 0 aliphatic carbocycles. The molecule has 1 heterocycles. The van der Waals surface area contributed by atoms with Crippen molar-refractivity contribution in [2.45, 2.75) is 19.3 Å². The summed E-state index contributed by atoms with van der Waals surface area (Å²) in [7, 11) is 0. The van der Waals surface area contributed by atoms with E-state index in [1.54, 1.807) is 12.1 Å². The number of piperidine rings is 1. The summed E-state index contributed by atoms with van der Waals surface area (Å²) in [5, 5.41) is 12.3. The Labute approximate surface area is 140 Å². The lowest BCUT2D eigenvalue weighted by molar-refractivity contribution is 0.578. The van der Waals surface area contributed by atoms with Gasteiger partial charge in [0.1, 0.15) is 0 Å². The zero-order valence-electron chi connectivity index (χ0n) is 13.5. The molecule has 1 aliphatic rings. The van der Waals surface area contributed by atoms with Gasteiger partial charge >= 0.3 is 0 Å². The summed E-state index contributed by atoms with van der Waals surface area (Å²) in [5.74, 6) is 0. The maximum atomic E-state index is 13.1. The van der Waals surface area contributed by atoms with E-state index in [1.165, 1.54) is 19.3 Å². The van der Waals surface area contributed by atoms with Gasteiger partial charge in [-0.2, -0.15) is 5.26 Å². The molecule has 0 spiro atoms. The average Bonchev–Trinajstić information content (AvgIpc) is 2.79. The van der Waals surface area contributed by atoms with Gasteiger partial charge in [-0.05, 0) is 42.8 Å². The van der Waals surface area contributed by atoms with Crippen molar-refractivity contribution in [3.05, 3.63) is 64.3 Å². The fourth-order valence-corrected chi connectivity index (χ4v) is 3.59. The molecule has 1 saturated heterocycles. The Kier molecular flexibility index (Phi) is 3.66. The van der Waals surface area contributed by atoms with E-state index >= 15 is 0 Å². The molecule has 0 bridgehead atoms. The second-order valence-corrected chi connectivity index (χ2v) is 6.36. The summed E-state index contributed by atoms with van der Waals surface area (Å²) in [5.41, 5.74) is 1.66. The first kappa shape index (κ1) is 14.7. The molecule has 0 saturated carbocycles. The maximum Gasteiger partial charge on any atom is 0.194 e. The minimum Gasteiger partial charge on any atom is -0.372 e. The summed E-state index contributed by atoms with van der Waals surface area (Å²) in [6.45, 7) is 2.11. The molecule has 0 unspecified atom stereocenters. The molecule has 0 aromatic heterocycles. The minimum atomic E-state index is 0.000888. The lowest BCUT2D eigenvalue weighted by Crippen LogP contribution is -2.29. The number of nitrogens with zero attached hydrogens (tertiary/aromatic N) is 2. The van der Waals surface area contributed by atoms with Gasteiger partial charge in [-0.1, -0.05) is 30.3 Å². The summed E-state index contributed by atoms with van der Waals surface area (Å²) in [6, 6.07) is 17.5. The molecule has 118 valence electrons. The Balaban J connectivity index is 1.99. The van der Waals surface area contributed by atoms with E-state index < -0.39 is 0 Å². The first-order valence-corrected chi connectivity index (χ1v) is 8.43. The lowest BCUT2D eigenvalue weighted by Gasteiger charge is -2.28. The molecule has 3 aromatic rings. The number of nitriles is 1. The van der Waals surface area contributed by atoms with Crippen LogP contribution in [0.4, 0.5) is 5.69 Å². The SMILES string of the molecule is N#Cc1cccc2c(=O)c3cc(N4CCCCC4)ccc3ccc12. The van der Waals surface area contributed by atoms with Gasteiger partial charge in [0.25, 0.3) is 0 Å². The van der Waals surface area contributed by atoms with E-state index in [2.05, 4.69) is 17.0 Å². The largest absolute Gasteiger partial charge is 0.372 e. The third-order valence-corrected chi connectivity index (χ3v) is 4.90. The average molecular weight is 314 g/mol. The van der Waals surface area contributed by atoms with Crippen LogP contribution in [0.5, 0.6) is 0 Å². The van der Waals surface area contributed by atoms with Crippen molar-refractivity contribution < 1.29 is 0 Å². The van der Waals surface area contributed by atoms with Gasteiger partial charge in [-0.3, -0.25) is 4.79 Å². The number of fused-ring (bicyclic) bond motifs is 2. The van der Waals surface area contributed by atoms with Crippen LogP contribution in [0, 0.1) is 11.3 Å². The third kappa shape index (κ3) is 2.41. The van der Waals surface area contributed by atoms with Crippen LogP contribution in [-0.2, 0) is 0 Å². The minimum absolute atomic E-state index is 0.000888. The Morgan fingerprint density at radius 3 is 2.46 bits per heavy atom. The second-order valence-electron chi connectivity index (χ2n) is 6.36. The number of anilines is 1. The molecule has 24 heavy (non-hydrogen) atoms. The van der Waals surface area contributed by atoms with Crippen molar-refractivity contribution in [2.24, 2.45) is 0 Å². The van der Waals surface area contributed by atoms with E-state index in [9.17, 15) is 10.1 Å². The molecule has 0 N–H and O–H groups in total. The molecule has 1 fully saturated rings. The summed E-state index contributed by atoms with van der Waals surface area (Å²) in [6.07, 6.45) is 3.70. The smallest absolute Gasteiger partial charge is 0.194 e. The van der Waals surface area contributed by atoms with Gasteiger partial charge in [0.15, 0.2) is 5.43 Å². The first-order chi connectivity index (χ1) is 11.8. The number of rotatable bonds is 1. The van der Waals surface area contributed by atoms with Crippen LogP contribution in [0.2, 0.25) is 0 Å². The topological polar surface area (TPSA) is 44.1 Å². The van der Waals surface area contributed by atoms with E-state index in [0.29, 0.717) is 10.9 Å². The van der Waals surface area contributed by atoms with Crippen molar-refractivity contribution in [1.29, 1.82) is 5.26 Å². The van der Waals surface area contributed by atoms with Crippen LogP contribution >= 0.6 is 0 Å². The predicted molar refractivity (Wildman–Crippen MR) is 98.5 cm³/mol. The zero-order valence-corrected chi connectivity index (χ0v) is 13.5. The van der Waals surface area contributed by atoms with Crippen LogP contribution in [-0.4, -0.2) is 13.1 Å². The van der Waals surface area contributed by atoms with E-state index in [-0.39, 0.29) is 5.43 Å². The van der Waals surface area contributed by atoms with E-state index in [4.69, 9.17) is 0 Å².